The zero-order valence-corrected chi connectivity index (χ0v) is 15.8. The first kappa shape index (κ1) is 17.7. The molecule has 122 valence electrons. The van der Waals surface area contributed by atoms with Gasteiger partial charge in [0, 0.05) is 17.2 Å². The zero-order valence-electron chi connectivity index (χ0n) is 12.7. The van der Waals surface area contributed by atoms with Crippen molar-refractivity contribution >= 4 is 41.7 Å². The molecule has 4 nitrogen and oxygen atoms in total. The summed E-state index contributed by atoms with van der Waals surface area (Å²) < 4.78 is 5.67. The Labute approximate surface area is 153 Å². The molecule has 3 rings (SSSR count). The van der Waals surface area contributed by atoms with Gasteiger partial charge in [0.25, 0.3) is 0 Å². The first-order valence-corrected chi connectivity index (χ1v) is 8.77. The van der Waals surface area contributed by atoms with Crippen molar-refractivity contribution in [1.29, 1.82) is 0 Å². The van der Waals surface area contributed by atoms with Crippen LogP contribution in [0.1, 0.15) is 37.3 Å². The lowest BCUT2D eigenvalue weighted by atomic mass is 10.0. The molecule has 2 aliphatic heterocycles. The second kappa shape index (κ2) is 8.86. The van der Waals surface area contributed by atoms with E-state index in [9.17, 15) is 0 Å². The first-order chi connectivity index (χ1) is 10.3. The van der Waals surface area contributed by atoms with Gasteiger partial charge in [-0.1, -0.05) is 24.6 Å². The summed E-state index contributed by atoms with van der Waals surface area (Å²) in [5, 5.41) is 3.99. The predicted octanol–water partition coefficient (Wildman–Crippen LogP) is 3.32. The molecule has 1 aromatic rings. The molecule has 0 aliphatic carbocycles. The van der Waals surface area contributed by atoms with Crippen LogP contribution in [-0.4, -0.2) is 30.1 Å². The standard InChI is InChI=1S/C16H23N3OS.HI/c17-16(18-11-12-5-3-4-10-21-12)19-14-8-9-20-15-7-2-1-6-13(14)15;/h1-2,6-7,12,14H,3-5,8-11H2,(H3,17,18,19);1H. The van der Waals surface area contributed by atoms with Gasteiger partial charge in [-0.15, -0.1) is 24.0 Å². The lowest BCUT2D eigenvalue weighted by molar-refractivity contribution is 0.262. The fourth-order valence-electron chi connectivity index (χ4n) is 2.87. The minimum atomic E-state index is 0. The van der Waals surface area contributed by atoms with Crippen LogP contribution in [0.15, 0.2) is 29.3 Å². The van der Waals surface area contributed by atoms with Crippen LogP contribution in [0, 0.1) is 0 Å². The van der Waals surface area contributed by atoms with Crippen LogP contribution in [-0.2, 0) is 0 Å². The first-order valence-electron chi connectivity index (χ1n) is 7.73. The number of thioether (sulfide) groups is 1. The number of nitrogens with one attached hydrogen (secondary N) is 1. The number of para-hydroxylation sites is 1. The number of nitrogens with zero attached hydrogens (tertiary/aromatic N) is 1. The fourth-order valence-corrected chi connectivity index (χ4v) is 4.09. The Bertz CT molecular complexity index is 506. The quantitative estimate of drug-likeness (QED) is 0.436. The van der Waals surface area contributed by atoms with Crippen LogP contribution in [0.4, 0.5) is 0 Å². The normalized spacial score (nSPS) is 24.6. The number of aliphatic imine (C=N–C) groups is 1. The molecule has 2 atom stereocenters. The molecule has 0 amide bonds. The van der Waals surface area contributed by atoms with Crippen molar-refractivity contribution in [3.63, 3.8) is 0 Å². The van der Waals surface area contributed by atoms with Crippen LogP contribution >= 0.6 is 35.7 Å². The van der Waals surface area contributed by atoms with E-state index in [0.29, 0.717) is 11.2 Å². The van der Waals surface area contributed by atoms with Gasteiger partial charge in [0.2, 0.25) is 0 Å². The molecule has 0 spiro atoms. The number of benzene rings is 1. The van der Waals surface area contributed by atoms with E-state index in [1.807, 2.05) is 30.0 Å². The van der Waals surface area contributed by atoms with E-state index in [0.717, 1.165) is 25.3 Å². The van der Waals surface area contributed by atoms with E-state index in [-0.39, 0.29) is 30.0 Å². The van der Waals surface area contributed by atoms with Gasteiger partial charge in [-0.25, -0.2) is 0 Å². The largest absolute Gasteiger partial charge is 0.493 e. The van der Waals surface area contributed by atoms with Crippen LogP contribution in [0.2, 0.25) is 0 Å². The molecule has 1 saturated heterocycles. The van der Waals surface area contributed by atoms with Gasteiger partial charge in [0.1, 0.15) is 5.75 Å². The van der Waals surface area contributed by atoms with Crippen molar-refractivity contribution < 1.29 is 4.74 Å². The van der Waals surface area contributed by atoms with Crippen LogP contribution in [0.25, 0.3) is 0 Å². The molecule has 0 radical (unpaired) electrons. The molecule has 22 heavy (non-hydrogen) atoms. The highest BCUT2D eigenvalue weighted by Gasteiger charge is 2.21. The SMILES string of the molecule is I.NC(=NCC1CCCCS1)NC1CCOc2ccccc21. The van der Waals surface area contributed by atoms with Crippen molar-refractivity contribution in [1.82, 2.24) is 5.32 Å². The van der Waals surface area contributed by atoms with Gasteiger partial charge in [0.15, 0.2) is 5.96 Å². The average Bonchev–Trinajstić information content (AvgIpc) is 2.54. The summed E-state index contributed by atoms with van der Waals surface area (Å²) in [7, 11) is 0. The Morgan fingerprint density at radius 3 is 3.00 bits per heavy atom. The molecular formula is C16H24IN3OS. The van der Waals surface area contributed by atoms with E-state index in [2.05, 4.69) is 16.4 Å². The van der Waals surface area contributed by atoms with Crippen molar-refractivity contribution in [3.8, 4) is 5.75 Å². The summed E-state index contributed by atoms with van der Waals surface area (Å²) in [5.41, 5.74) is 7.24. The third-order valence-corrected chi connectivity index (χ3v) is 5.40. The van der Waals surface area contributed by atoms with Crippen molar-refractivity contribution in [2.45, 2.75) is 37.0 Å². The van der Waals surface area contributed by atoms with Gasteiger partial charge < -0.3 is 15.8 Å². The average molecular weight is 433 g/mol. The molecule has 0 bridgehead atoms. The fraction of sp³-hybridized carbons (Fsp3) is 0.562. The molecule has 6 heteroatoms. The molecule has 0 aromatic heterocycles. The zero-order chi connectivity index (χ0) is 14.5. The summed E-state index contributed by atoms with van der Waals surface area (Å²) >= 11 is 2.03. The number of guanidine groups is 1. The molecule has 0 saturated carbocycles. The van der Waals surface area contributed by atoms with E-state index >= 15 is 0 Å². The Hall–Kier alpha value is -0.630. The van der Waals surface area contributed by atoms with Crippen molar-refractivity contribution in [2.24, 2.45) is 10.7 Å². The summed E-state index contributed by atoms with van der Waals surface area (Å²) in [6, 6.07) is 8.34. The second-order valence-corrected chi connectivity index (χ2v) is 6.99. The third-order valence-electron chi connectivity index (χ3n) is 4.02. The number of ether oxygens (including phenoxy) is 1. The van der Waals surface area contributed by atoms with Crippen molar-refractivity contribution in [3.05, 3.63) is 29.8 Å². The number of hydrogen-bond acceptors (Lipinski definition) is 3. The Kier molecular flexibility index (Phi) is 7.14. The molecule has 2 heterocycles. The molecule has 1 aromatic carbocycles. The number of rotatable bonds is 3. The van der Waals surface area contributed by atoms with E-state index < -0.39 is 0 Å². The predicted molar refractivity (Wildman–Crippen MR) is 104 cm³/mol. The Balaban J connectivity index is 0.00000176. The van der Waals surface area contributed by atoms with Gasteiger partial charge >= 0.3 is 0 Å². The summed E-state index contributed by atoms with van der Waals surface area (Å²) in [6.45, 7) is 1.55. The van der Waals surface area contributed by atoms with E-state index in [4.69, 9.17) is 10.5 Å². The molecule has 2 unspecified atom stereocenters. The monoisotopic (exact) mass is 433 g/mol. The Morgan fingerprint density at radius 1 is 1.32 bits per heavy atom. The Morgan fingerprint density at radius 2 is 2.18 bits per heavy atom. The van der Waals surface area contributed by atoms with E-state index in [1.165, 1.54) is 30.6 Å². The summed E-state index contributed by atoms with van der Waals surface area (Å²) in [6.07, 6.45) is 4.86. The highest BCUT2D eigenvalue weighted by Crippen LogP contribution is 2.31. The highest BCUT2D eigenvalue weighted by atomic mass is 127. The number of fused-ring (bicyclic) bond motifs is 1. The molecular weight excluding hydrogens is 409 g/mol. The second-order valence-electron chi connectivity index (χ2n) is 5.59. The maximum atomic E-state index is 6.07. The van der Waals surface area contributed by atoms with Crippen LogP contribution < -0.4 is 15.8 Å². The smallest absolute Gasteiger partial charge is 0.189 e. The molecule has 2 aliphatic rings. The lowest BCUT2D eigenvalue weighted by Crippen LogP contribution is -2.37. The minimum absolute atomic E-state index is 0. The highest BCUT2D eigenvalue weighted by molar-refractivity contribution is 14.0. The maximum absolute atomic E-state index is 6.07. The van der Waals surface area contributed by atoms with Gasteiger partial charge in [-0.2, -0.15) is 11.8 Å². The summed E-state index contributed by atoms with van der Waals surface area (Å²) in [4.78, 5) is 4.54. The van der Waals surface area contributed by atoms with Gasteiger partial charge in [-0.3, -0.25) is 4.99 Å². The number of nitrogens with two attached hydrogens (primary N) is 1. The third kappa shape index (κ3) is 4.68. The minimum Gasteiger partial charge on any atom is -0.493 e. The topological polar surface area (TPSA) is 59.6 Å². The summed E-state index contributed by atoms with van der Waals surface area (Å²) in [5.74, 6) is 2.78. The number of hydrogen-bond donors (Lipinski definition) is 2. The van der Waals surface area contributed by atoms with Crippen LogP contribution in [0.5, 0.6) is 5.75 Å². The molecule has 3 N–H and O–H groups in total. The number of halogens is 1. The van der Waals surface area contributed by atoms with Crippen LogP contribution in [0.3, 0.4) is 0 Å². The van der Waals surface area contributed by atoms with Gasteiger partial charge in [0.05, 0.1) is 19.2 Å². The molecule has 1 fully saturated rings. The van der Waals surface area contributed by atoms with Gasteiger partial charge in [-0.05, 0) is 24.7 Å². The van der Waals surface area contributed by atoms with Crippen molar-refractivity contribution in [2.75, 3.05) is 18.9 Å². The lowest BCUT2D eigenvalue weighted by Gasteiger charge is -2.27. The maximum Gasteiger partial charge on any atom is 0.189 e. The van der Waals surface area contributed by atoms with E-state index in [1.54, 1.807) is 0 Å².